The molecular formula is C15H18NNaO3S. The van der Waals surface area contributed by atoms with Crippen molar-refractivity contribution < 1.29 is 44.0 Å². The summed E-state index contributed by atoms with van der Waals surface area (Å²) in [6.45, 7) is 4.80. The van der Waals surface area contributed by atoms with E-state index in [0.29, 0.717) is 6.54 Å². The van der Waals surface area contributed by atoms with Crippen molar-refractivity contribution in [3.05, 3.63) is 59.2 Å². The van der Waals surface area contributed by atoms with Gasteiger partial charge < -0.3 is 6.74 Å². The summed E-state index contributed by atoms with van der Waals surface area (Å²) in [7, 11) is -4.12. The van der Waals surface area contributed by atoms with E-state index in [1.165, 1.54) is 23.3 Å². The van der Waals surface area contributed by atoms with Crippen molar-refractivity contribution in [3.8, 4) is 0 Å². The van der Waals surface area contributed by atoms with Gasteiger partial charge in [-0.25, -0.2) is 0 Å². The summed E-state index contributed by atoms with van der Waals surface area (Å²) < 4.78 is 30.8. The Kier molecular flexibility index (Phi) is 6.43. The summed E-state index contributed by atoms with van der Waals surface area (Å²) in [4.78, 5) is -0.103. The van der Waals surface area contributed by atoms with Crippen LogP contribution >= 0.6 is 0 Å². The Morgan fingerprint density at radius 2 is 1.67 bits per heavy atom. The van der Waals surface area contributed by atoms with Gasteiger partial charge in [-0.3, -0.25) is 4.55 Å². The van der Waals surface area contributed by atoms with Gasteiger partial charge in [0.2, 0.25) is 0 Å². The van der Waals surface area contributed by atoms with Crippen LogP contribution in [-0.2, 0) is 16.7 Å². The minimum Gasteiger partial charge on any atom is -1.00 e. The molecule has 4 nitrogen and oxygen atoms in total. The quantitative estimate of drug-likeness (QED) is 0.628. The normalized spacial score (nSPS) is 10.8. The van der Waals surface area contributed by atoms with E-state index in [1.807, 2.05) is 0 Å². The number of nitrogens with one attached hydrogen (secondary N) is 1. The second-order valence-electron chi connectivity index (χ2n) is 4.77. The number of rotatable bonds is 4. The first kappa shape index (κ1) is 18.2. The molecule has 0 radical (unpaired) electrons. The van der Waals surface area contributed by atoms with E-state index in [-0.39, 0.29) is 35.9 Å². The Labute approximate surface area is 149 Å². The second-order valence-corrected chi connectivity index (χ2v) is 6.19. The molecule has 2 rings (SSSR count). The Bertz CT molecular complexity index is 718. The van der Waals surface area contributed by atoms with E-state index in [9.17, 15) is 8.42 Å². The van der Waals surface area contributed by atoms with Crippen molar-refractivity contribution in [1.82, 2.24) is 0 Å². The first-order chi connectivity index (χ1) is 9.36. The zero-order valence-electron chi connectivity index (χ0n) is 13.4. The fourth-order valence-corrected chi connectivity index (χ4v) is 2.34. The van der Waals surface area contributed by atoms with Crippen LogP contribution in [0.1, 0.15) is 18.1 Å². The topological polar surface area (TPSA) is 66.4 Å². The van der Waals surface area contributed by atoms with Crippen LogP contribution in [-0.4, -0.2) is 13.0 Å². The fraction of sp³-hybridized carbons (Fsp3) is 0.200. The molecule has 2 aromatic rings. The molecule has 0 spiro atoms. The van der Waals surface area contributed by atoms with Crippen molar-refractivity contribution in [1.29, 1.82) is 0 Å². The van der Waals surface area contributed by atoms with Gasteiger partial charge in [0.15, 0.2) is 0 Å². The van der Waals surface area contributed by atoms with Gasteiger partial charge in [0, 0.05) is 12.2 Å². The van der Waals surface area contributed by atoms with Crippen LogP contribution in [0.2, 0.25) is 0 Å². The monoisotopic (exact) mass is 315 g/mol. The van der Waals surface area contributed by atoms with Crippen LogP contribution in [0.15, 0.2) is 47.4 Å². The summed E-state index contributed by atoms with van der Waals surface area (Å²) in [6.07, 6.45) is 0. The molecular weight excluding hydrogens is 297 g/mol. The average Bonchev–Trinajstić information content (AvgIpc) is 2.40. The summed E-state index contributed by atoms with van der Waals surface area (Å²) in [6, 6.07) is 12.3. The number of aryl methyl sites for hydroxylation is 2. The molecule has 0 aliphatic rings. The minimum atomic E-state index is -4.12. The third-order valence-corrected chi connectivity index (χ3v) is 4.09. The first-order valence-corrected chi connectivity index (χ1v) is 7.68. The van der Waals surface area contributed by atoms with Gasteiger partial charge >= 0.3 is 29.6 Å². The van der Waals surface area contributed by atoms with Crippen LogP contribution in [0.3, 0.4) is 0 Å². The number of anilines is 1. The van der Waals surface area contributed by atoms with Gasteiger partial charge in [0.1, 0.15) is 0 Å². The van der Waals surface area contributed by atoms with E-state index in [1.54, 1.807) is 12.1 Å². The smallest absolute Gasteiger partial charge is 1.00 e. The van der Waals surface area contributed by atoms with Crippen LogP contribution in [0.25, 0.3) is 0 Å². The van der Waals surface area contributed by atoms with E-state index >= 15 is 0 Å². The number of hydrogen-bond acceptors (Lipinski definition) is 3. The largest absolute Gasteiger partial charge is 1.00 e. The molecule has 108 valence electrons. The molecule has 0 saturated heterocycles. The zero-order chi connectivity index (χ0) is 14.8. The molecule has 0 heterocycles. The predicted molar refractivity (Wildman–Crippen MR) is 80.6 cm³/mol. The van der Waals surface area contributed by atoms with E-state index in [2.05, 4.69) is 37.4 Å². The van der Waals surface area contributed by atoms with Gasteiger partial charge in [0.25, 0.3) is 10.1 Å². The third kappa shape index (κ3) is 5.13. The number of hydrogen-bond donors (Lipinski definition) is 2. The van der Waals surface area contributed by atoms with E-state index in [0.717, 1.165) is 11.3 Å². The van der Waals surface area contributed by atoms with Crippen molar-refractivity contribution >= 4 is 15.8 Å². The van der Waals surface area contributed by atoms with Crippen molar-refractivity contribution in [2.45, 2.75) is 25.3 Å². The van der Waals surface area contributed by atoms with Gasteiger partial charge in [-0.2, -0.15) is 8.42 Å². The Morgan fingerprint density at radius 1 is 1.05 bits per heavy atom. The number of benzene rings is 2. The molecule has 21 heavy (non-hydrogen) atoms. The molecule has 0 bridgehead atoms. The van der Waals surface area contributed by atoms with E-state index < -0.39 is 10.1 Å². The average molecular weight is 315 g/mol. The van der Waals surface area contributed by atoms with Crippen molar-refractivity contribution in [2.75, 3.05) is 5.32 Å². The molecule has 0 aliphatic carbocycles. The Morgan fingerprint density at radius 3 is 2.19 bits per heavy atom. The van der Waals surface area contributed by atoms with Crippen LogP contribution in [0.4, 0.5) is 5.69 Å². The Hall–Kier alpha value is -0.850. The molecule has 0 amide bonds. The van der Waals surface area contributed by atoms with Gasteiger partial charge in [0.05, 0.1) is 4.90 Å². The predicted octanol–water partition coefficient (Wildman–Crippen LogP) is 0.279. The standard InChI is InChI=1S/C15H17NO3S.Na.H/c1-11-3-4-13(9-12(11)2)10-16-14-5-7-15(8-6-14)20(17,18)19;;/h3-9,16H,10H2,1-2H3,(H,17,18,19);;/q;+1;-1. The molecule has 0 aliphatic heterocycles. The van der Waals surface area contributed by atoms with Crippen LogP contribution in [0.5, 0.6) is 0 Å². The van der Waals surface area contributed by atoms with Crippen LogP contribution < -0.4 is 34.9 Å². The summed E-state index contributed by atoms with van der Waals surface area (Å²) >= 11 is 0. The van der Waals surface area contributed by atoms with Crippen molar-refractivity contribution in [2.24, 2.45) is 0 Å². The summed E-state index contributed by atoms with van der Waals surface area (Å²) in [5.41, 5.74) is 4.46. The molecule has 6 heteroatoms. The second kappa shape index (κ2) is 7.42. The third-order valence-electron chi connectivity index (χ3n) is 3.22. The molecule has 0 aromatic heterocycles. The van der Waals surface area contributed by atoms with Gasteiger partial charge in [-0.1, -0.05) is 18.2 Å². The molecule has 0 fully saturated rings. The maximum absolute atomic E-state index is 10.9. The molecule has 0 saturated carbocycles. The Balaban J connectivity index is 0.00000220. The summed E-state index contributed by atoms with van der Waals surface area (Å²) in [5.74, 6) is 0. The fourth-order valence-electron chi connectivity index (χ4n) is 1.86. The molecule has 0 unspecified atom stereocenters. The maximum Gasteiger partial charge on any atom is 1.00 e. The molecule has 2 N–H and O–H groups in total. The van der Waals surface area contributed by atoms with Gasteiger partial charge in [-0.15, -0.1) is 0 Å². The molecule has 0 atom stereocenters. The van der Waals surface area contributed by atoms with Gasteiger partial charge in [-0.05, 0) is 54.8 Å². The van der Waals surface area contributed by atoms with E-state index in [4.69, 9.17) is 4.55 Å². The molecule has 2 aromatic carbocycles. The van der Waals surface area contributed by atoms with Crippen LogP contribution in [0, 0.1) is 13.8 Å². The first-order valence-electron chi connectivity index (χ1n) is 6.24. The SMILES string of the molecule is Cc1ccc(CNc2ccc(S(=O)(=O)O)cc2)cc1C.[H-].[Na+]. The maximum atomic E-state index is 10.9. The minimum absolute atomic E-state index is 0. The summed E-state index contributed by atoms with van der Waals surface area (Å²) in [5, 5.41) is 3.21. The zero-order valence-corrected chi connectivity index (χ0v) is 15.2. The van der Waals surface area contributed by atoms with Crippen molar-refractivity contribution in [3.63, 3.8) is 0 Å².